The molecule has 7 heteroatoms. The molecular weight excluding hydrogens is 402 g/mol. The molecule has 3 heterocycles. The second-order valence-electron chi connectivity index (χ2n) is 8.46. The Balaban J connectivity index is 1.23. The van der Waals surface area contributed by atoms with Crippen LogP contribution in [0.5, 0.6) is 0 Å². The molecule has 0 aliphatic carbocycles. The third-order valence-electron chi connectivity index (χ3n) is 6.25. The standard InChI is InChI=1S/C25H29N5O2/c1-18-15-24-27-28-25(31)30(24)23-8-7-21(16-22(18)23)20-5-3-19(4-6-20)17-26-9-2-10-29-11-13-32-14-12-29/h3-8,15-16,26H,2,9-14,17H2,1H3,(H,28,31). The number of rotatable bonds is 7. The maximum atomic E-state index is 12.1. The Bertz CT molecular complexity index is 1270. The van der Waals surface area contributed by atoms with E-state index in [1.54, 1.807) is 4.40 Å². The van der Waals surface area contributed by atoms with Gasteiger partial charge in [0, 0.05) is 25.0 Å². The van der Waals surface area contributed by atoms with E-state index in [0.717, 1.165) is 74.4 Å². The number of pyridine rings is 1. The lowest BCUT2D eigenvalue weighted by molar-refractivity contribution is 0.0374. The molecule has 4 aromatic rings. The number of nitrogens with zero attached hydrogens (tertiary/aromatic N) is 3. The van der Waals surface area contributed by atoms with Crippen LogP contribution in [0.15, 0.2) is 53.3 Å². The summed E-state index contributed by atoms with van der Waals surface area (Å²) in [6.45, 7) is 8.92. The Hall–Kier alpha value is -3.00. The summed E-state index contributed by atoms with van der Waals surface area (Å²) in [6, 6.07) is 16.9. The third-order valence-corrected chi connectivity index (χ3v) is 6.25. The van der Waals surface area contributed by atoms with Crippen LogP contribution >= 0.6 is 0 Å². The Kier molecular flexibility index (Phi) is 6.03. The third kappa shape index (κ3) is 4.32. The van der Waals surface area contributed by atoms with E-state index in [4.69, 9.17) is 4.74 Å². The van der Waals surface area contributed by atoms with Gasteiger partial charge in [0.2, 0.25) is 0 Å². The molecule has 2 aromatic heterocycles. The lowest BCUT2D eigenvalue weighted by Gasteiger charge is -2.26. The summed E-state index contributed by atoms with van der Waals surface area (Å²) in [4.78, 5) is 14.6. The average molecular weight is 432 g/mol. The van der Waals surface area contributed by atoms with Crippen LogP contribution in [0.2, 0.25) is 0 Å². The average Bonchev–Trinajstić information content (AvgIpc) is 3.20. The first-order chi connectivity index (χ1) is 15.7. The number of nitrogens with one attached hydrogen (secondary N) is 2. The van der Waals surface area contributed by atoms with Crippen LogP contribution in [0, 0.1) is 6.92 Å². The molecule has 5 rings (SSSR count). The van der Waals surface area contributed by atoms with E-state index in [1.807, 2.05) is 12.1 Å². The SMILES string of the molecule is Cc1cc2n[nH]c(=O)n2c2ccc(-c3ccc(CNCCCN4CCOCC4)cc3)cc12. The molecule has 32 heavy (non-hydrogen) atoms. The van der Waals surface area contributed by atoms with Crippen LogP contribution in [-0.2, 0) is 11.3 Å². The van der Waals surface area contributed by atoms with Gasteiger partial charge in [-0.05, 0) is 66.9 Å². The summed E-state index contributed by atoms with van der Waals surface area (Å²) in [7, 11) is 0. The van der Waals surface area contributed by atoms with Crippen molar-refractivity contribution in [1.29, 1.82) is 0 Å². The molecule has 0 bridgehead atoms. The highest BCUT2D eigenvalue weighted by atomic mass is 16.5. The smallest absolute Gasteiger partial charge is 0.348 e. The highest BCUT2D eigenvalue weighted by Gasteiger charge is 2.10. The Morgan fingerprint density at radius 2 is 1.84 bits per heavy atom. The van der Waals surface area contributed by atoms with E-state index in [9.17, 15) is 4.79 Å². The van der Waals surface area contributed by atoms with Crippen molar-refractivity contribution in [3.8, 4) is 11.1 Å². The molecule has 0 spiro atoms. The van der Waals surface area contributed by atoms with Gasteiger partial charge in [-0.1, -0.05) is 30.3 Å². The monoisotopic (exact) mass is 431 g/mol. The van der Waals surface area contributed by atoms with Crippen LogP contribution in [-0.4, -0.2) is 58.9 Å². The summed E-state index contributed by atoms with van der Waals surface area (Å²) < 4.78 is 7.02. The summed E-state index contributed by atoms with van der Waals surface area (Å²) in [5.74, 6) is 0. The van der Waals surface area contributed by atoms with Gasteiger partial charge < -0.3 is 10.1 Å². The molecule has 166 valence electrons. The fourth-order valence-corrected chi connectivity index (χ4v) is 4.44. The molecule has 1 fully saturated rings. The molecule has 0 unspecified atom stereocenters. The minimum atomic E-state index is -0.209. The van der Waals surface area contributed by atoms with Gasteiger partial charge in [0.25, 0.3) is 0 Å². The summed E-state index contributed by atoms with van der Waals surface area (Å²) in [5, 5.41) is 11.2. The van der Waals surface area contributed by atoms with Crippen molar-refractivity contribution in [2.24, 2.45) is 0 Å². The van der Waals surface area contributed by atoms with E-state index in [2.05, 4.69) is 63.7 Å². The van der Waals surface area contributed by atoms with Gasteiger partial charge >= 0.3 is 5.69 Å². The molecule has 0 amide bonds. The summed E-state index contributed by atoms with van der Waals surface area (Å²) >= 11 is 0. The topological polar surface area (TPSA) is 74.7 Å². The molecule has 7 nitrogen and oxygen atoms in total. The lowest BCUT2D eigenvalue weighted by atomic mass is 10.00. The molecule has 0 atom stereocenters. The molecular formula is C25H29N5O2. The van der Waals surface area contributed by atoms with Crippen LogP contribution in [0.4, 0.5) is 0 Å². The fraction of sp³-hybridized carbons (Fsp3) is 0.360. The number of benzene rings is 2. The van der Waals surface area contributed by atoms with E-state index in [-0.39, 0.29) is 5.69 Å². The fourth-order valence-electron chi connectivity index (χ4n) is 4.44. The molecule has 2 aromatic carbocycles. The van der Waals surface area contributed by atoms with Crippen LogP contribution in [0.3, 0.4) is 0 Å². The van der Waals surface area contributed by atoms with Gasteiger partial charge in [-0.3, -0.25) is 4.90 Å². The van der Waals surface area contributed by atoms with Gasteiger partial charge in [-0.15, -0.1) is 0 Å². The van der Waals surface area contributed by atoms with Crippen molar-refractivity contribution in [2.75, 3.05) is 39.4 Å². The van der Waals surface area contributed by atoms with Crippen molar-refractivity contribution in [3.63, 3.8) is 0 Å². The van der Waals surface area contributed by atoms with Crippen LogP contribution < -0.4 is 11.0 Å². The summed E-state index contributed by atoms with van der Waals surface area (Å²) in [5.41, 5.74) is 6.01. The number of hydrogen-bond donors (Lipinski definition) is 2. The van der Waals surface area contributed by atoms with Gasteiger partial charge in [-0.25, -0.2) is 14.3 Å². The van der Waals surface area contributed by atoms with Crippen LogP contribution in [0.1, 0.15) is 17.5 Å². The Morgan fingerprint density at radius 1 is 1.06 bits per heavy atom. The Morgan fingerprint density at radius 3 is 2.66 bits per heavy atom. The number of aromatic nitrogens is 3. The zero-order valence-corrected chi connectivity index (χ0v) is 18.4. The highest BCUT2D eigenvalue weighted by molar-refractivity contribution is 5.89. The van der Waals surface area contributed by atoms with Crippen molar-refractivity contribution in [3.05, 3.63) is 70.1 Å². The largest absolute Gasteiger partial charge is 0.379 e. The van der Waals surface area contributed by atoms with Gasteiger partial charge in [0.05, 0.1) is 18.7 Å². The highest BCUT2D eigenvalue weighted by Crippen LogP contribution is 2.27. The Labute approximate surface area is 187 Å². The number of hydrogen-bond acceptors (Lipinski definition) is 5. The van der Waals surface area contributed by atoms with E-state index in [0.29, 0.717) is 5.65 Å². The van der Waals surface area contributed by atoms with Crippen molar-refractivity contribution >= 4 is 16.6 Å². The zero-order valence-electron chi connectivity index (χ0n) is 18.4. The molecule has 0 radical (unpaired) electrons. The molecule has 0 saturated carbocycles. The van der Waals surface area contributed by atoms with Gasteiger partial charge in [0.1, 0.15) is 0 Å². The predicted octanol–water partition coefficient (Wildman–Crippen LogP) is 2.96. The number of H-pyrrole nitrogens is 1. The molecule has 2 N–H and O–H groups in total. The minimum absolute atomic E-state index is 0.209. The normalized spacial score (nSPS) is 15.0. The van der Waals surface area contributed by atoms with Crippen molar-refractivity contribution in [2.45, 2.75) is 19.9 Å². The first kappa shape index (κ1) is 20.9. The number of ether oxygens (including phenoxy) is 1. The van der Waals surface area contributed by atoms with Crippen molar-refractivity contribution < 1.29 is 4.74 Å². The first-order valence-electron chi connectivity index (χ1n) is 11.3. The predicted molar refractivity (Wildman–Crippen MR) is 127 cm³/mol. The van der Waals surface area contributed by atoms with E-state index >= 15 is 0 Å². The first-order valence-corrected chi connectivity index (χ1v) is 11.3. The lowest BCUT2D eigenvalue weighted by Crippen LogP contribution is -2.37. The molecule has 1 aliphatic rings. The molecule has 1 saturated heterocycles. The van der Waals surface area contributed by atoms with Gasteiger partial charge in [0.15, 0.2) is 5.65 Å². The maximum Gasteiger partial charge on any atom is 0.348 e. The maximum absolute atomic E-state index is 12.1. The number of fused-ring (bicyclic) bond motifs is 3. The second-order valence-corrected chi connectivity index (χ2v) is 8.46. The number of aryl methyl sites for hydroxylation is 1. The quantitative estimate of drug-likeness (QED) is 0.440. The molecule has 1 aliphatic heterocycles. The number of morpholine rings is 1. The zero-order chi connectivity index (χ0) is 21.9. The van der Waals surface area contributed by atoms with Gasteiger partial charge in [-0.2, -0.15) is 5.10 Å². The van der Waals surface area contributed by atoms with Crippen LogP contribution in [0.25, 0.3) is 27.7 Å². The summed E-state index contributed by atoms with van der Waals surface area (Å²) in [6.07, 6.45) is 1.15. The van der Waals surface area contributed by atoms with Crippen molar-refractivity contribution in [1.82, 2.24) is 24.8 Å². The number of aromatic amines is 1. The van der Waals surface area contributed by atoms with E-state index < -0.39 is 0 Å². The minimum Gasteiger partial charge on any atom is -0.379 e. The second kappa shape index (κ2) is 9.24. The van der Waals surface area contributed by atoms with E-state index in [1.165, 1.54) is 11.1 Å².